The summed E-state index contributed by atoms with van der Waals surface area (Å²) in [5.74, 6) is -5.57. The predicted molar refractivity (Wildman–Crippen MR) is 68.1 cm³/mol. The molecule has 0 spiro atoms. The molecule has 0 unspecified atom stereocenters. The van der Waals surface area contributed by atoms with Gasteiger partial charge in [-0.25, -0.2) is 4.79 Å². The van der Waals surface area contributed by atoms with Crippen LogP contribution in [0.5, 0.6) is 0 Å². The van der Waals surface area contributed by atoms with Crippen LogP contribution in [0.2, 0.25) is 0 Å². The van der Waals surface area contributed by atoms with Crippen LogP contribution in [0.1, 0.15) is 59.3 Å². The maximum Gasteiger partial charge on any atom is 0.374 e. The van der Waals surface area contributed by atoms with Crippen LogP contribution < -0.4 is 0 Å². The number of hydrogen-bond acceptors (Lipinski definition) is 2. The lowest BCUT2D eigenvalue weighted by Gasteiger charge is -2.07. The first-order valence-corrected chi connectivity index (χ1v) is 6.61. The first kappa shape index (κ1) is 19.6. The lowest BCUT2D eigenvalue weighted by molar-refractivity contribution is -0.165. The first-order chi connectivity index (χ1) is 8.42. The molecule has 0 heterocycles. The van der Waals surface area contributed by atoms with Crippen LogP contribution in [0.25, 0.3) is 0 Å². The van der Waals surface area contributed by atoms with Gasteiger partial charge >= 0.3 is 11.9 Å². The highest BCUT2D eigenvalue weighted by molar-refractivity contribution is 5.75. The van der Waals surface area contributed by atoms with Gasteiger partial charge in [0.2, 0.25) is 0 Å². The van der Waals surface area contributed by atoms with Crippen LogP contribution in [0.15, 0.2) is 0 Å². The number of carboxylic acids is 1. The molecule has 0 aromatic carbocycles. The third kappa shape index (κ3) is 13.4. The number of ether oxygens (including phenoxy) is 1. The van der Waals surface area contributed by atoms with Crippen LogP contribution in [-0.4, -0.2) is 30.2 Å². The fraction of sp³-hybridized carbons (Fsp3) is 0.923. The molecule has 0 radical (unpaired) electrons. The Kier molecular flexibility index (Phi) is 13.9. The van der Waals surface area contributed by atoms with Crippen molar-refractivity contribution in [3.05, 3.63) is 0 Å². The van der Waals surface area contributed by atoms with E-state index in [-0.39, 0.29) is 6.42 Å². The van der Waals surface area contributed by atoms with Gasteiger partial charge in [-0.2, -0.15) is 8.78 Å². The van der Waals surface area contributed by atoms with Gasteiger partial charge in [0.1, 0.15) is 0 Å². The minimum Gasteiger partial charge on any atom is -0.477 e. The summed E-state index contributed by atoms with van der Waals surface area (Å²) in [6.45, 7) is 7.79. The number of carboxylic acid groups (broad SMARTS) is 1. The molecule has 0 aromatic heterocycles. The number of unbranched alkanes of at least 4 members (excludes halogenated alkanes) is 2. The fourth-order valence-electron chi connectivity index (χ4n) is 1.02. The first-order valence-electron chi connectivity index (χ1n) is 6.61. The molecular weight excluding hydrogens is 242 g/mol. The van der Waals surface area contributed by atoms with E-state index in [2.05, 4.69) is 13.8 Å². The van der Waals surface area contributed by atoms with Crippen molar-refractivity contribution >= 4 is 5.97 Å². The average molecular weight is 268 g/mol. The minimum absolute atomic E-state index is 0.180. The molecule has 0 saturated carbocycles. The highest BCUT2D eigenvalue weighted by Crippen LogP contribution is 2.19. The Hall–Kier alpha value is -0.710. The van der Waals surface area contributed by atoms with Crippen LogP contribution in [0.4, 0.5) is 8.78 Å². The minimum atomic E-state index is -3.53. The number of alkyl halides is 2. The largest absolute Gasteiger partial charge is 0.477 e. The summed E-state index contributed by atoms with van der Waals surface area (Å²) in [4.78, 5) is 9.66. The normalized spacial score (nSPS) is 10.7. The molecular formula is C13H26F2O3. The maximum absolute atomic E-state index is 11.9. The van der Waals surface area contributed by atoms with Crippen molar-refractivity contribution in [2.45, 2.75) is 65.2 Å². The molecule has 0 saturated heterocycles. The monoisotopic (exact) mass is 268 g/mol. The second-order valence-corrected chi connectivity index (χ2v) is 4.08. The van der Waals surface area contributed by atoms with Crippen molar-refractivity contribution in [2.24, 2.45) is 0 Å². The lowest BCUT2D eigenvalue weighted by Crippen LogP contribution is -2.27. The van der Waals surface area contributed by atoms with E-state index in [0.29, 0.717) is 0 Å². The molecule has 0 fully saturated rings. The standard InChI is InChI=1S/C8H18O.C5H8F2O2/c1-3-5-7-9-8-6-4-2;1-2-3-5(6,7)4(8)9/h3-8H2,1-2H3;2-3H2,1H3,(H,8,9). The summed E-state index contributed by atoms with van der Waals surface area (Å²) in [5, 5.41) is 7.82. The van der Waals surface area contributed by atoms with E-state index in [9.17, 15) is 13.6 Å². The number of hydrogen-bond donors (Lipinski definition) is 1. The molecule has 0 bridgehead atoms. The highest BCUT2D eigenvalue weighted by Gasteiger charge is 2.36. The highest BCUT2D eigenvalue weighted by atomic mass is 19.3. The van der Waals surface area contributed by atoms with Gasteiger partial charge in [-0.05, 0) is 19.3 Å². The van der Waals surface area contributed by atoms with Crippen LogP contribution in [0, 0.1) is 0 Å². The summed E-state index contributed by atoms with van der Waals surface area (Å²) < 4.78 is 29.2. The van der Waals surface area contributed by atoms with E-state index in [0.717, 1.165) is 13.2 Å². The average Bonchev–Trinajstić information content (AvgIpc) is 2.29. The van der Waals surface area contributed by atoms with Gasteiger partial charge in [-0.3, -0.25) is 0 Å². The van der Waals surface area contributed by atoms with Crippen LogP contribution in [0.3, 0.4) is 0 Å². The Labute approximate surface area is 109 Å². The molecule has 0 aliphatic rings. The van der Waals surface area contributed by atoms with E-state index >= 15 is 0 Å². The van der Waals surface area contributed by atoms with Gasteiger partial charge in [0.25, 0.3) is 0 Å². The van der Waals surface area contributed by atoms with Gasteiger partial charge in [0.05, 0.1) is 0 Å². The SMILES string of the molecule is CCCC(F)(F)C(=O)O.CCCCOCCCC. The summed E-state index contributed by atoms with van der Waals surface area (Å²) >= 11 is 0. The second kappa shape index (κ2) is 12.7. The van der Waals surface area contributed by atoms with E-state index in [1.807, 2.05) is 0 Å². The van der Waals surface area contributed by atoms with Crippen molar-refractivity contribution in [3.8, 4) is 0 Å². The zero-order valence-electron chi connectivity index (χ0n) is 11.7. The smallest absolute Gasteiger partial charge is 0.374 e. The van der Waals surface area contributed by atoms with Crippen molar-refractivity contribution < 1.29 is 23.4 Å². The van der Waals surface area contributed by atoms with Gasteiger partial charge in [0.15, 0.2) is 0 Å². The topological polar surface area (TPSA) is 46.5 Å². The molecule has 0 aromatic rings. The van der Waals surface area contributed by atoms with E-state index in [1.54, 1.807) is 0 Å². The molecule has 0 amide bonds. The Morgan fingerprint density at radius 3 is 1.72 bits per heavy atom. The summed E-state index contributed by atoms with van der Waals surface area (Å²) in [5.41, 5.74) is 0. The van der Waals surface area contributed by atoms with E-state index in [4.69, 9.17) is 9.84 Å². The Bertz CT molecular complexity index is 191. The van der Waals surface area contributed by atoms with Crippen molar-refractivity contribution in [3.63, 3.8) is 0 Å². The number of rotatable bonds is 9. The van der Waals surface area contributed by atoms with Gasteiger partial charge in [0, 0.05) is 19.6 Å². The van der Waals surface area contributed by atoms with Crippen molar-refractivity contribution in [1.29, 1.82) is 0 Å². The third-order valence-electron chi connectivity index (χ3n) is 2.16. The molecule has 18 heavy (non-hydrogen) atoms. The zero-order chi connectivity index (χ0) is 14.4. The van der Waals surface area contributed by atoms with Crippen LogP contribution in [-0.2, 0) is 9.53 Å². The summed E-state index contributed by atoms with van der Waals surface area (Å²) in [6.07, 6.45) is 4.51. The molecule has 5 heteroatoms. The van der Waals surface area contributed by atoms with Crippen LogP contribution >= 0.6 is 0 Å². The maximum atomic E-state index is 11.9. The van der Waals surface area contributed by atoms with Crippen molar-refractivity contribution in [2.75, 3.05) is 13.2 Å². The Morgan fingerprint density at radius 2 is 1.50 bits per heavy atom. The number of halogens is 2. The molecule has 0 atom stereocenters. The summed E-state index contributed by atoms with van der Waals surface area (Å²) in [7, 11) is 0. The summed E-state index contributed by atoms with van der Waals surface area (Å²) in [6, 6.07) is 0. The van der Waals surface area contributed by atoms with Gasteiger partial charge in [-0.1, -0.05) is 33.6 Å². The molecule has 3 nitrogen and oxygen atoms in total. The molecule has 0 aliphatic carbocycles. The van der Waals surface area contributed by atoms with E-state index in [1.165, 1.54) is 32.6 Å². The zero-order valence-corrected chi connectivity index (χ0v) is 11.7. The quantitative estimate of drug-likeness (QED) is 0.640. The predicted octanol–water partition coefficient (Wildman–Crippen LogP) is 4.11. The number of aliphatic carboxylic acids is 1. The van der Waals surface area contributed by atoms with Gasteiger partial charge in [-0.15, -0.1) is 0 Å². The second-order valence-electron chi connectivity index (χ2n) is 4.08. The molecule has 110 valence electrons. The van der Waals surface area contributed by atoms with E-state index < -0.39 is 18.3 Å². The molecule has 0 aliphatic heterocycles. The van der Waals surface area contributed by atoms with Crippen molar-refractivity contribution in [1.82, 2.24) is 0 Å². The lowest BCUT2D eigenvalue weighted by atomic mass is 10.2. The third-order valence-corrected chi connectivity index (χ3v) is 2.16. The molecule has 1 N–H and O–H groups in total. The Balaban J connectivity index is 0. The fourth-order valence-corrected chi connectivity index (χ4v) is 1.02. The Morgan fingerprint density at radius 1 is 1.06 bits per heavy atom. The van der Waals surface area contributed by atoms with Gasteiger partial charge < -0.3 is 9.84 Å². The number of carbonyl (C=O) groups is 1. The molecule has 0 rings (SSSR count).